The number of hydrogen-bond acceptors (Lipinski definition) is 6. The van der Waals surface area contributed by atoms with Crippen molar-refractivity contribution in [3.63, 3.8) is 0 Å². The molecule has 0 radical (unpaired) electrons. The summed E-state index contributed by atoms with van der Waals surface area (Å²) in [5.74, 6) is 0.751. The summed E-state index contributed by atoms with van der Waals surface area (Å²) in [5, 5.41) is 0.469. The molecule has 0 saturated heterocycles. The fourth-order valence-corrected chi connectivity index (χ4v) is 3.29. The molecule has 0 atom stereocenters. The quantitative estimate of drug-likeness (QED) is 0.772. The standard InChI is InChI=1S/C16H20Cl2N6O/c1-16(2,3)14-20-10-4-5-24(6-8(10)13(25)23-14)7-9-11(17)21-15(19)22-12(9)18/h4-7H2,1-3H3,(H2,19,21,22)(H,20,23,25). The molecular formula is C16H20Cl2N6O. The van der Waals surface area contributed by atoms with Crippen molar-refractivity contribution in [1.29, 1.82) is 0 Å². The van der Waals surface area contributed by atoms with Crippen molar-refractivity contribution in [3.05, 3.63) is 43.3 Å². The summed E-state index contributed by atoms with van der Waals surface area (Å²) in [7, 11) is 0. The Morgan fingerprint density at radius 1 is 1.20 bits per heavy atom. The summed E-state index contributed by atoms with van der Waals surface area (Å²) >= 11 is 12.3. The first-order chi connectivity index (χ1) is 11.6. The third kappa shape index (κ3) is 3.78. The zero-order chi connectivity index (χ0) is 18.4. The number of fused-ring (bicyclic) bond motifs is 1. The Hall–Kier alpha value is -1.70. The van der Waals surface area contributed by atoms with Crippen LogP contribution in [0.4, 0.5) is 5.95 Å². The van der Waals surface area contributed by atoms with Crippen LogP contribution in [-0.2, 0) is 24.9 Å². The summed E-state index contributed by atoms with van der Waals surface area (Å²) in [6.45, 7) is 7.73. The van der Waals surface area contributed by atoms with E-state index >= 15 is 0 Å². The number of nitrogens with two attached hydrogens (primary N) is 1. The van der Waals surface area contributed by atoms with Crippen LogP contribution in [0.25, 0.3) is 0 Å². The van der Waals surface area contributed by atoms with Gasteiger partial charge in [0.15, 0.2) is 0 Å². The van der Waals surface area contributed by atoms with Crippen LogP contribution in [-0.4, -0.2) is 31.4 Å². The minimum absolute atomic E-state index is 0.0399. The molecule has 3 rings (SSSR count). The molecule has 134 valence electrons. The second-order valence-corrected chi connectivity index (χ2v) is 7.91. The fourth-order valence-electron chi connectivity index (χ4n) is 2.77. The van der Waals surface area contributed by atoms with E-state index in [0.717, 1.165) is 12.2 Å². The zero-order valence-electron chi connectivity index (χ0n) is 14.4. The van der Waals surface area contributed by atoms with Gasteiger partial charge in [0.1, 0.15) is 16.1 Å². The SMILES string of the molecule is CC(C)(C)c1nc2c(c(=O)[nH]1)CN(Cc1c(Cl)nc(N)nc1Cl)CC2. The van der Waals surface area contributed by atoms with Crippen LogP contribution in [0.5, 0.6) is 0 Å². The Morgan fingerprint density at radius 3 is 2.44 bits per heavy atom. The Balaban J connectivity index is 1.86. The summed E-state index contributed by atoms with van der Waals surface area (Å²) < 4.78 is 0. The number of nitrogens with zero attached hydrogens (tertiary/aromatic N) is 4. The van der Waals surface area contributed by atoms with E-state index in [-0.39, 0.29) is 27.2 Å². The van der Waals surface area contributed by atoms with E-state index in [2.05, 4.69) is 24.8 Å². The van der Waals surface area contributed by atoms with E-state index in [1.54, 1.807) is 0 Å². The molecule has 1 aliphatic rings. The van der Waals surface area contributed by atoms with Crippen molar-refractivity contribution in [3.8, 4) is 0 Å². The van der Waals surface area contributed by atoms with Crippen molar-refractivity contribution in [2.75, 3.05) is 12.3 Å². The van der Waals surface area contributed by atoms with Crippen molar-refractivity contribution < 1.29 is 0 Å². The molecule has 2 aromatic rings. The lowest BCUT2D eigenvalue weighted by Gasteiger charge is -2.29. The molecule has 0 aromatic carbocycles. The van der Waals surface area contributed by atoms with Gasteiger partial charge in [0.05, 0.1) is 11.3 Å². The van der Waals surface area contributed by atoms with Gasteiger partial charge in [-0.05, 0) is 0 Å². The van der Waals surface area contributed by atoms with Gasteiger partial charge in [-0.15, -0.1) is 0 Å². The number of aromatic amines is 1. The Kier molecular flexibility index (Phi) is 4.74. The van der Waals surface area contributed by atoms with Crippen LogP contribution in [0.15, 0.2) is 4.79 Å². The van der Waals surface area contributed by atoms with Gasteiger partial charge in [-0.2, -0.15) is 0 Å². The Labute approximate surface area is 155 Å². The van der Waals surface area contributed by atoms with Gasteiger partial charge in [-0.3, -0.25) is 9.69 Å². The number of nitrogens with one attached hydrogen (secondary N) is 1. The maximum absolute atomic E-state index is 12.5. The van der Waals surface area contributed by atoms with Crippen molar-refractivity contribution in [2.24, 2.45) is 0 Å². The Bertz CT molecular complexity index is 851. The number of nitrogen functional groups attached to an aromatic ring is 1. The van der Waals surface area contributed by atoms with Crippen LogP contribution in [0.3, 0.4) is 0 Å². The third-order valence-corrected chi connectivity index (χ3v) is 4.79. The maximum Gasteiger partial charge on any atom is 0.255 e. The predicted octanol–water partition coefficient (Wildman–Crippen LogP) is 2.30. The van der Waals surface area contributed by atoms with E-state index in [1.165, 1.54) is 0 Å². The molecule has 0 amide bonds. The molecule has 0 fully saturated rings. The normalized spacial score (nSPS) is 15.2. The minimum Gasteiger partial charge on any atom is -0.368 e. The summed E-state index contributed by atoms with van der Waals surface area (Å²) in [5.41, 5.74) is 7.39. The first-order valence-electron chi connectivity index (χ1n) is 7.97. The second-order valence-electron chi connectivity index (χ2n) is 7.19. The van der Waals surface area contributed by atoms with Gasteiger partial charge in [0.2, 0.25) is 5.95 Å². The number of rotatable bonds is 2. The van der Waals surface area contributed by atoms with Crippen LogP contribution < -0.4 is 11.3 Å². The molecule has 0 saturated carbocycles. The van der Waals surface area contributed by atoms with E-state index in [0.29, 0.717) is 36.5 Å². The highest BCUT2D eigenvalue weighted by Crippen LogP contribution is 2.26. The van der Waals surface area contributed by atoms with Gasteiger partial charge in [-0.1, -0.05) is 44.0 Å². The lowest BCUT2D eigenvalue weighted by Crippen LogP contribution is -2.37. The molecule has 0 unspecified atom stereocenters. The van der Waals surface area contributed by atoms with Gasteiger partial charge in [0.25, 0.3) is 5.56 Å². The molecule has 9 heteroatoms. The minimum atomic E-state index is -0.201. The Morgan fingerprint density at radius 2 is 1.84 bits per heavy atom. The highest BCUT2D eigenvalue weighted by molar-refractivity contribution is 6.34. The highest BCUT2D eigenvalue weighted by Gasteiger charge is 2.26. The van der Waals surface area contributed by atoms with E-state index < -0.39 is 0 Å². The molecule has 1 aliphatic heterocycles. The molecule has 3 N–H and O–H groups in total. The van der Waals surface area contributed by atoms with E-state index in [1.807, 2.05) is 20.8 Å². The van der Waals surface area contributed by atoms with Crippen molar-refractivity contribution in [1.82, 2.24) is 24.8 Å². The first kappa shape index (κ1) is 18.1. The molecule has 0 bridgehead atoms. The molecule has 2 aromatic heterocycles. The summed E-state index contributed by atoms with van der Waals surface area (Å²) in [6, 6.07) is 0. The number of halogens is 2. The van der Waals surface area contributed by atoms with E-state index in [4.69, 9.17) is 28.9 Å². The lowest BCUT2D eigenvalue weighted by molar-refractivity contribution is 0.240. The number of anilines is 1. The predicted molar refractivity (Wildman–Crippen MR) is 97.8 cm³/mol. The van der Waals surface area contributed by atoms with Gasteiger partial charge in [0, 0.05) is 37.0 Å². The van der Waals surface area contributed by atoms with Crippen LogP contribution in [0.2, 0.25) is 10.3 Å². The largest absolute Gasteiger partial charge is 0.368 e. The van der Waals surface area contributed by atoms with Gasteiger partial charge >= 0.3 is 0 Å². The first-order valence-corrected chi connectivity index (χ1v) is 8.73. The molecule has 0 spiro atoms. The molecule has 7 nitrogen and oxygen atoms in total. The molecule has 3 heterocycles. The summed E-state index contributed by atoms with van der Waals surface area (Å²) in [4.78, 5) is 30.0. The maximum atomic E-state index is 12.5. The van der Waals surface area contributed by atoms with Gasteiger partial charge < -0.3 is 10.7 Å². The van der Waals surface area contributed by atoms with Crippen molar-refractivity contribution >= 4 is 29.2 Å². The van der Waals surface area contributed by atoms with Crippen molar-refractivity contribution in [2.45, 2.75) is 45.7 Å². The smallest absolute Gasteiger partial charge is 0.255 e. The lowest BCUT2D eigenvalue weighted by atomic mass is 9.95. The van der Waals surface area contributed by atoms with Crippen LogP contribution in [0.1, 0.15) is 43.4 Å². The fraction of sp³-hybridized carbons (Fsp3) is 0.500. The molecule has 0 aliphatic carbocycles. The number of H-pyrrole nitrogens is 1. The van der Waals surface area contributed by atoms with E-state index in [9.17, 15) is 4.79 Å². The average molecular weight is 383 g/mol. The number of hydrogen-bond donors (Lipinski definition) is 2. The van der Waals surface area contributed by atoms with Crippen LogP contribution >= 0.6 is 23.2 Å². The zero-order valence-corrected chi connectivity index (χ0v) is 15.9. The topological polar surface area (TPSA) is 101 Å². The third-order valence-electron chi connectivity index (χ3n) is 4.16. The molecule has 25 heavy (non-hydrogen) atoms. The molecular weight excluding hydrogens is 363 g/mol. The number of aromatic nitrogens is 4. The highest BCUT2D eigenvalue weighted by atomic mass is 35.5. The summed E-state index contributed by atoms with van der Waals surface area (Å²) in [6.07, 6.45) is 0.688. The monoisotopic (exact) mass is 382 g/mol. The average Bonchev–Trinajstić information content (AvgIpc) is 2.50. The van der Waals surface area contributed by atoms with Crippen LogP contribution in [0, 0.1) is 0 Å². The second kappa shape index (κ2) is 6.55. The van der Waals surface area contributed by atoms with Gasteiger partial charge in [-0.25, -0.2) is 15.0 Å².